The van der Waals surface area contributed by atoms with Crippen LogP contribution in [0.3, 0.4) is 0 Å². The van der Waals surface area contributed by atoms with Crippen LogP contribution >= 0.6 is 0 Å². The summed E-state index contributed by atoms with van der Waals surface area (Å²) in [5.74, 6) is 0.831. The molecule has 2 rings (SSSR count). The van der Waals surface area contributed by atoms with E-state index in [1.54, 1.807) is 13.3 Å². The Kier molecular flexibility index (Phi) is 4.74. The predicted molar refractivity (Wildman–Crippen MR) is 70.5 cm³/mol. The van der Waals surface area contributed by atoms with Crippen molar-refractivity contribution in [3.8, 4) is 5.75 Å². The fourth-order valence-electron chi connectivity index (χ4n) is 2.33. The Balaban J connectivity index is 2.10. The number of aliphatic hydroxyl groups is 1. The molecule has 0 radical (unpaired) electrons. The van der Waals surface area contributed by atoms with Crippen LogP contribution < -0.4 is 4.74 Å². The van der Waals surface area contributed by atoms with Crippen LogP contribution in [-0.2, 0) is 15.9 Å². The molecule has 0 spiro atoms. The van der Waals surface area contributed by atoms with Crippen LogP contribution in [0.1, 0.15) is 16.8 Å². The Bertz CT molecular complexity index is 430. The second-order valence-corrected chi connectivity index (χ2v) is 4.80. The van der Waals surface area contributed by atoms with Crippen molar-refractivity contribution >= 4 is 0 Å². The molecule has 1 aromatic heterocycles. The fourth-order valence-corrected chi connectivity index (χ4v) is 2.33. The Hall–Kier alpha value is -1.17. The minimum Gasteiger partial charge on any atom is -0.496 e. The van der Waals surface area contributed by atoms with Gasteiger partial charge in [-0.3, -0.25) is 4.98 Å². The van der Waals surface area contributed by atoms with E-state index < -0.39 is 6.10 Å². The number of ether oxygens (including phenoxy) is 3. The standard InChI is InChI=1S/C14H21NO4/c1-9-7-15-11(10(2)14(9)17-3)6-12(16)13-8-18-4-5-19-13/h7,12-13,16H,4-6,8H2,1-3H3. The number of aromatic nitrogens is 1. The van der Waals surface area contributed by atoms with Crippen molar-refractivity contribution in [2.45, 2.75) is 32.5 Å². The maximum absolute atomic E-state index is 10.2. The first-order valence-corrected chi connectivity index (χ1v) is 6.50. The first-order chi connectivity index (χ1) is 9.13. The number of aliphatic hydroxyl groups excluding tert-OH is 1. The molecule has 2 heterocycles. The third-order valence-corrected chi connectivity index (χ3v) is 3.42. The summed E-state index contributed by atoms with van der Waals surface area (Å²) in [6.07, 6.45) is 1.32. The van der Waals surface area contributed by atoms with E-state index in [1.807, 2.05) is 13.8 Å². The van der Waals surface area contributed by atoms with Crippen LogP contribution in [0.25, 0.3) is 0 Å². The molecular weight excluding hydrogens is 246 g/mol. The summed E-state index contributed by atoms with van der Waals surface area (Å²) in [7, 11) is 1.65. The van der Waals surface area contributed by atoms with Crippen molar-refractivity contribution in [2.24, 2.45) is 0 Å². The Morgan fingerprint density at radius 2 is 2.26 bits per heavy atom. The van der Waals surface area contributed by atoms with Crippen LogP contribution in [0.2, 0.25) is 0 Å². The van der Waals surface area contributed by atoms with Gasteiger partial charge in [0.25, 0.3) is 0 Å². The van der Waals surface area contributed by atoms with Gasteiger partial charge in [0, 0.05) is 29.4 Å². The fraction of sp³-hybridized carbons (Fsp3) is 0.643. The van der Waals surface area contributed by atoms with Gasteiger partial charge in [-0.1, -0.05) is 0 Å². The zero-order chi connectivity index (χ0) is 13.8. The molecule has 0 aliphatic carbocycles. The van der Waals surface area contributed by atoms with E-state index in [0.29, 0.717) is 26.2 Å². The highest BCUT2D eigenvalue weighted by molar-refractivity contribution is 5.41. The number of hydrogen-bond acceptors (Lipinski definition) is 5. The molecule has 0 saturated carbocycles. The van der Waals surface area contributed by atoms with Gasteiger partial charge in [-0.15, -0.1) is 0 Å². The van der Waals surface area contributed by atoms with Gasteiger partial charge in [0.2, 0.25) is 0 Å². The molecule has 2 atom stereocenters. The summed E-state index contributed by atoms with van der Waals surface area (Å²) in [4.78, 5) is 4.38. The van der Waals surface area contributed by atoms with Crippen molar-refractivity contribution in [2.75, 3.05) is 26.9 Å². The monoisotopic (exact) mass is 267 g/mol. The van der Waals surface area contributed by atoms with E-state index in [-0.39, 0.29) is 6.10 Å². The van der Waals surface area contributed by atoms with E-state index >= 15 is 0 Å². The van der Waals surface area contributed by atoms with Crippen molar-refractivity contribution in [3.05, 3.63) is 23.0 Å². The van der Waals surface area contributed by atoms with Gasteiger partial charge in [-0.25, -0.2) is 0 Å². The molecule has 1 N–H and O–H groups in total. The second kappa shape index (κ2) is 6.32. The molecule has 0 amide bonds. The Morgan fingerprint density at radius 1 is 1.47 bits per heavy atom. The van der Waals surface area contributed by atoms with Gasteiger partial charge in [0.15, 0.2) is 0 Å². The first-order valence-electron chi connectivity index (χ1n) is 6.50. The maximum atomic E-state index is 10.2. The first kappa shape index (κ1) is 14.2. The molecule has 5 heteroatoms. The molecule has 106 valence electrons. The van der Waals surface area contributed by atoms with Crippen molar-refractivity contribution in [1.29, 1.82) is 0 Å². The van der Waals surface area contributed by atoms with Gasteiger partial charge >= 0.3 is 0 Å². The minimum absolute atomic E-state index is 0.276. The molecule has 5 nitrogen and oxygen atoms in total. The average molecular weight is 267 g/mol. The summed E-state index contributed by atoms with van der Waals surface area (Å²) in [6, 6.07) is 0. The molecule has 1 aliphatic rings. The topological polar surface area (TPSA) is 60.8 Å². The van der Waals surface area contributed by atoms with Gasteiger partial charge in [-0.05, 0) is 13.8 Å². The van der Waals surface area contributed by atoms with Crippen LogP contribution in [0.4, 0.5) is 0 Å². The minimum atomic E-state index is -0.612. The molecule has 1 aromatic rings. The van der Waals surface area contributed by atoms with Gasteiger partial charge in [-0.2, -0.15) is 0 Å². The average Bonchev–Trinajstić information content (AvgIpc) is 2.43. The summed E-state index contributed by atoms with van der Waals surface area (Å²) in [6.45, 7) is 5.48. The van der Waals surface area contributed by atoms with Crippen molar-refractivity contribution in [3.63, 3.8) is 0 Å². The lowest BCUT2D eigenvalue weighted by molar-refractivity contribution is -0.131. The van der Waals surface area contributed by atoms with Crippen LogP contribution in [0, 0.1) is 13.8 Å². The lowest BCUT2D eigenvalue weighted by Crippen LogP contribution is -2.39. The molecule has 0 bridgehead atoms. The highest BCUT2D eigenvalue weighted by atomic mass is 16.6. The van der Waals surface area contributed by atoms with Gasteiger partial charge in [0.1, 0.15) is 11.9 Å². The number of methoxy groups -OCH3 is 1. The third-order valence-electron chi connectivity index (χ3n) is 3.42. The number of aryl methyl sites for hydroxylation is 1. The summed E-state index contributed by atoms with van der Waals surface area (Å²) >= 11 is 0. The quantitative estimate of drug-likeness (QED) is 0.882. The zero-order valence-electron chi connectivity index (χ0n) is 11.7. The molecule has 1 fully saturated rings. The maximum Gasteiger partial charge on any atom is 0.128 e. The molecule has 0 aromatic carbocycles. The summed E-state index contributed by atoms with van der Waals surface area (Å²) < 4.78 is 16.2. The largest absolute Gasteiger partial charge is 0.496 e. The molecule has 19 heavy (non-hydrogen) atoms. The van der Waals surface area contributed by atoms with E-state index in [1.165, 1.54) is 0 Å². The second-order valence-electron chi connectivity index (χ2n) is 4.80. The van der Waals surface area contributed by atoms with Crippen LogP contribution in [0.15, 0.2) is 6.20 Å². The number of nitrogens with zero attached hydrogens (tertiary/aromatic N) is 1. The van der Waals surface area contributed by atoms with Gasteiger partial charge in [0.05, 0.1) is 33.0 Å². The molecule has 1 saturated heterocycles. The lowest BCUT2D eigenvalue weighted by atomic mass is 10.0. The molecular formula is C14H21NO4. The van der Waals surface area contributed by atoms with E-state index in [9.17, 15) is 5.11 Å². The van der Waals surface area contributed by atoms with E-state index in [4.69, 9.17) is 14.2 Å². The summed E-state index contributed by atoms with van der Waals surface area (Å²) in [5, 5.41) is 10.2. The lowest BCUT2D eigenvalue weighted by Gasteiger charge is -2.27. The highest BCUT2D eigenvalue weighted by Gasteiger charge is 2.25. The number of hydrogen-bond donors (Lipinski definition) is 1. The molecule has 1 aliphatic heterocycles. The normalized spacial score (nSPS) is 21.2. The van der Waals surface area contributed by atoms with E-state index in [0.717, 1.165) is 22.6 Å². The zero-order valence-corrected chi connectivity index (χ0v) is 11.7. The SMILES string of the molecule is COc1c(C)cnc(CC(O)C2COCCO2)c1C. The van der Waals surface area contributed by atoms with Gasteiger partial charge < -0.3 is 19.3 Å². The highest BCUT2D eigenvalue weighted by Crippen LogP contribution is 2.25. The molecule has 2 unspecified atom stereocenters. The predicted octanol–water partition coefficient (Wildman–Crippen LogP) is 1.03. The smallest absolute Gasteiger partial charge is 0.128 e. The number of rotatable bonds is 4. The Morgan fingerprint density at radius 3 is 2.89 bits per heavy atom. The Labute approximate surface area is 113 Å². The van der Waals surface area contributed by atoms with E-state index in [2.05, 4.69) is 4.98 Å². The summed E-state index contributed by atoms with van der Waals surface area (Å²) in [5.41, 5.74) is 2.80. The van der Waals surface area contributed by atoms with Crippen molar-refractivity contribution in [1.82, 2.24) is 4.98 Å². The van der Waals surface area contributed by atoms with Crippen LogP contribution in [-0.4, -0.2) is 49.2 Å². The van der Waals surface area contributed by atoms with Crippen molar-refractivity contribution < 1.29 is 19.3 Å². The number of pyridine rings is 1. The third kappa shape index (κ3) is 3.23. The van der Waals surface area contributed by atoms with Crippen LogP contribution in [0.5, 0.6) is 5.75 Å².